The molecule has 0 aliphatic heterocycles. The van der Waals surface area contributed by atoms with Crippen LogP contribution in [0, 0.1) is 0 Å². The summed E-state index contributed by atoms with van der Waals surface area (Å²) in [4.78, 5) is 4.41. The molecule has 1 heterocycles. The van der Waals surface area contributed by atoms with E-state index in [1.165, 1.54) is 5.56 Å². The van der Waals surface area contributed by atoms with E-state index in [1.807, 2.05) is 30.6 Å². The standard InChI is InChI=1S/C16H23N3O/c1-4-10-19-11-9-17-16(19)12-18-13(2)14-7-5-6-8-15(14)20-3/h5-9,11,13,18H,4,10,12H2,1-3H3/t13-/m0/s1. The Morgan fingerprint density at radius 2 is 2.15 bits per heavy atom. The third-order valence-electron chi connectivity index (χ3n) is 3.44. The Labute approximate surface area is 120 Å². The molecule has 1 aromatic carbocycles. The summed E-state index contributed by atoms with van der Waals surface area (Å²) < 4.78 is 7.60. The summed E-state index contributed by atoms with van der Waals surface area (Å²) in [6, 6.07) is 8.33. The molecule has 2 rings (SSSR count). The first-order valence-electron chi connectivity index (χ1n) is 7.12. The molecule has 0 radical (unpaired) electrons. The first-order chi connectivity index (χ1) is 9.76. The van der Waals surface area contributed by atoms with Crippen LogP contribution in [0.3, 0.4) is 0 Å². The highest BCUT2D eigenvalue weighted by molar-refractivity contribution is 5.35. The topological polar surface area (TPSA) is 39.1 Å². The molecule has 0 spiro atoms. The number of imidazole rings is 1. The highest BCUT2D eigenvalue weighted by Crippen LogP contribution is 2.24. The van der Waals surface area contributed by atoms with E-state index in [2.05, 4.69) is 34.8 Å². The Balaban J connectivity index is 2.01. The lowest BCUT2D eigenvalue weighted by atomic mass is 10.1. The number of hydrogen-bond donors (Lipinski definition) is 1. The number of methoxy groups -OCH3 is 1. The molecule has 20 heavy (non-hydrogen) atoms. The summed E-state index contributed by atoms with van der Waals surface area (Å²) in [6.07, 6.45) is 5.01. The highest BCUT2D eigenvalue weighted by Gasteiger charge is 2.11. The van der Waals surface area contributed by atoms with Gasteiger partial charge in [0.25, 0.3) is 0 Å². The van der Waals surface area contributed by atoms with Crippen LogP contribution in [0.2, 0.25) is 0 Å². The zero-order valence-electron chi connectivity index (χ0n) is 12.5. The molecule has 0 fully saturated rings. The van der Waals surface area contributed by atoms with E-state index in [1.54, 1.807) is 7.11 Å². The van der Waals surface area contributed by atoms with Crippen molar-refractivity contribution in [3.63, 3.8) is 0 Å². The van der Waals surface area contributed by atoms with Crippen LogP contribution in [0.5, 0.6) is 5.75 Å². The van der Waals surface area contributed by atoms with Crippen molar-refractivity contribution in [2.75, 3.05) is 7.11 Å². The lowest BCUT2D eigenvalue weighted by molar-refractivity contribution is 0.400. The molecule has 4 nitrogen and oxygen atoms in total. The number of nitrogens with zero attached hydrogens (tertiary/aromatic N) is 2. The number of aryl methyl sites for hydroxylation is 1. The van der Waals surface area contributed by atoms with Gasteiger partial charge in [-0.15, -0.1) is 0 Å². The molecule has 0 aliphatic carbocycles. The minimum Gasteiger partial charge on any atom is -0.496 e. The molecule has 4 heteroatoms. The van der Waals surface area contributed by atoms with Gasteiger partial charge in [-0.1, -0.05) is 25.1 Å². The van der Waals surface area contributed by atoms with Crippen molar-refractivity contribution in [3.05, 3.63) is 48.0 Å². The molecular weight excluding hydrogens is 250 g/mol. The molecule has 108 valence electrons. The van der Waals surface area contributed by atoms with Crippen molar-refractivity contribution in [2.24, 2.45) is 0 Å². The lowest BCUT2D eigenvalue weighted by Crippen LogP contribution is -2.21. The highest BCUT2D eigenvalue weighted by atomic mass is 16.5. The van der Waals surface area contributed by atoms with Gasteiger partial charge in [0.1, 0.15) is 11.6 Å². The smallest absolute Gasteiger partial charge is 0.123 e. The van der Waals surface area contributed by atoms with Crippen molar-refractivity contribution in [1.82, 2.24) is 14.9 Å². The van der Waals surface area contributed by atoms with E-state index in [-0.39, 0.29) is 6.04 Å². The maximum absolute atomic E-state index is 5.40. The minimum atomic E-state index is 0.220. The fraction of sp³-hybridized carbons (Fsp3) is 0.438. The zero-order chi connectivity index (χ0) is 14.4. The Morgan fingerprint density at radius 3 is 2.90 bits per heavy atom. The van der Waals surface area contributed by atoms with Gasteiger partial charge in [0.15, 0.2) is 0 Å². The number of rotatable bonds is 7. The summed E-state index contributed by atoms with van der Waals surface area (Å²) in [5.41, 5.74) is 1.17. The number of para-hydroxylation sites is 1. The van der Waals surface area contributed by atoms with Crippen LogP contribution in [0.4, 0.5) is 0 Å². The summed E-state index contributed by atoms with van der Waals surface area (Å²) in [5.74, 6) is 2.00. The molecule has 0 aliphatic rings. The molecular formula is C16H23N3O. The van der Waals surface area contributed by atoms with Crippen LogP contribution >= 0.6 is 0 Å². The fourth-order valence-corrected chi connectivity index (χ4v) is 2.33. The molecule has 0 amide bonds. The van der Waals surface area contributed by atoms with E-state index in [4.69, 9.17) is 4.74 Å². The molecule has 2 aromatic rings. The maximum atomic E-state index is 5.40. The number of ether oxygens (including phenoxy) is 1. The molecule has 1 N–H and O–H groups in total. The number of benzene rings is 1. The monoisotopic (exact) mass is 273 g/mol. The van der Waals surface area contributed by atoms with E-state index in [0.717, 1.165) is 31.1 Å². The van der Waals surface area contributed by atoms with Crippen molar-refractivity contribution in [3.8, 4) is 5.75 Å². The van der Waals surface area contributed by atoms with E-state index in [9.17, 15) is 0 Å². The van der Waals surface area contributed by atoms with Gasteiger partial charge in [-0.2, -0.15) is 0 Å². The summed E-state index contributed by atoms with van der Waals surface area (Å²) in [5, 5.41) is 3.51. The second kappa shape index (κ2) is 7.10. The van der Waals surface area contributed by atoms with Crippen molar-refractivity contribution in [2.45, 2.75) is 39.4 Å². The Morgan fingerprint density at radius 1 is 1.35 bits per heavy atom. The normalized spacial score (nSPS) is 12.3. The second-order valence-corrected chi connectivity index (χ2v) is 4.88. The van der Waals surface area contributed by atoms with Crippen LogP contribution in [0.1, 0.15) is 37.7 Å². The van der Waals surface area contributed by atoms with Gasteiger partial charge < -0.3 is 14.6 Å². The number of nitrogens with one attached hydrogen (secondary N) is 1. The SMILES string of the molecule is CCCn1ccnc1CN[C@@H](C)c1ccccc1OC. The Kier molecular flexibility index (Phi) is 5.18. The van der Waals surface area contributed by atoms with Crippen molar-refractivity contribution >= 4 is 0 Å². The van der Waals surface area contributed by atoms with Crippen molar-refractivity contribution in [1.29, 1.82) is 0 Å². The first kappa shape index (κ1) is 14.6. The number of aromatic nitrogens is 2. The molecule has 1 atom stereocenters. The predicted molar refractivity (Wildman–Crippen MR) is 80.8 cm³/mol. The minimum absolute atomic E-state index is 0.220. The molecule has 1 aromatic heterocycles. The van der Waals surface area contributed by atoms with Gasteiger partial charge in [-0.25, -0.2) is 4.98 Å². The van der Waals surface area contributed by atoms with Crippen LogP contribution in [0.15, 0.2) is 36.7 Å². The van der Waals surface area contributed by atoms with Gasteiger partial charge >= 0.3 is 0 Å². The third kappa shape index (κ3) is 3.39. The largest absolute Gasteiger partial charge is 0.496 e. The summed E-state index contributed by atoms with van der Waals surface area (Å²) >= 11 is 0. The Bertz CT molecular complexity index is 536. The van der Waals surface area contributed by atoms with E-state index in [0.29, 0.717) is 0 Å². The number of hydrogen-bond acceptors (Lipinski definition) is 3. The van der Waals surface area contributed by atoms with Gasteiger partial charge in [0.05, 0.1) is 13.7 Å². The van der Waals surface area contributed by atoms with Crippen LogP contribution in [0.25, 0.3) is 0 Å². The maximum Gasteiger partial charge on any atom is 0.123 e. The predicted octanol–water partition coefficient (Wildman–Crippen LogP) is 3.15. The van der Waals surface area contributed by atoms with Crippen LogP contribution in [-0.4, -0.2) is 16.7 Å². The average Bonchev–Trinajstić information content (AvgIpc) is 2.92. The van der Waals surface area contributed by atoms with Gasteiger partial charge in [0.2, 0.25) is 0 Å². The Hall–Kier alpha value is -1.81. The second-order valence-electron chi connectivity index (χ2n) is 4.88. The quantitative estimate of drug-likeness (QED) is 0.842. The van der Waals surface area contributed by atoms with Gasteiger partial charge in [-0.3, -0.25) is 0 Å². The molecule has 0 saturated heterocycles. The lowest BCUT2D eigenvalue weighted by Gasteiger charge is -2.17. The third-order valence-corrected chi connectivity index (χ3v) is 3.44. The van der Waals surface area contributed by atoms with Crippen LogP contribution < -0.4 is 10.1 Å². The fourth-order valence-electron chi connectivity index (χ4n) is 2.33. The first-order valence-corrected chi connectivity index (χ1v) is 7.12. The molecule has 0 unspecified atom stereocenters. The van der Waals surface area contributed by atoms with Crippen molar-refractivity contribution < 1.29 is 4.74 Å². The molecule has 0 saturated carbocycles. The average molecular weight is 273 g/mol. The summed E-state index contributed by atoms with van der Waals surface area (Å²) in [6.45, 7) is 6.09. The van der Waals surface area contributed by atoms with Gasteiger partial charge in [-0.05, 0) is 19.4 Å². The van der Waals surface area contributed by atoms with E-state index >= 15 is 0 Å². The zero-order valence-corrected chi connectivity index (χ0v) is 12.5. The summed E-state index contributed by atoms with van der Waals surface area (Å²) in [7, 11) is 1.71. The van der Waals surface area contributed by atoms with Gasteiger partial charge in [0, 0.05) is 30.5 Å². The van der Waals surface area contributed by atoms with E-state index < -0.39 is 0 Å². The van der Waals surface area contributed by atoms with Crippen LogP contribution in [-0.2, 0) is 13.1 Å². The molecule has 0 bridgehead atoms.